The third-order valence-electron chi connectivity index (χ3n) is 2.40. The Morgan fingerprint density at radius 2 is 1.95 bits per heavy atom. The Labute approximate surface area is 115 Å². The molecule has 0 aliphatic carbocycles. The molecule has 100 valence electrons. The zero-order valence-corrected chi connectivity index (χ0v) is 11.8. The van der Waals surface area contributed by atoms with Crippen molar-refractivity contribution in [3.63, 3.8) is 0 Å². The predicted molar refractivity (Wildman–Crippen MR) is 77.7 cm³/mol. The molecular formula is C12H13N3O2S2. The van der Waals surface area contributed by atoms with Gasteiger partial charge in [-0.15, -0.1) is 11.3 Å². The lowest BCUT2D eigenvalue weighted by molar-refractivity contribution is 0.584. The van der Waals surface area contributed by atoms with Gasteiger partial charge in [-0.1, -0.05) is 6.07 Å². The molecule has 0 unspecified atom stereocenters. The highest BCUT2D eigenvalue weighted by atomic mass is 32.2. The number of rotatable bonds is 4. The number of hydrazone groups is 1. The number of sulfonamides is 1. The number of thiophene rings is 1. The Morgan fingerprint density at radius 3 is 2.53 bits per heavy atom. The van der Waals surface area contributed by atoms with Gasteiger partial charge in [-0.25, -0.2) is 0 Å². The summed E-state index contributed by atoms with van der Waals surface area (Å²) < 4.78 is 23.9. The van der Waals surface area contributed by atoms with Crippen molar-refractivity contribution < 1.29 is 8.42 Å². The lowest BCUT2D eigenvalue weighted by atomic mass is 10.3. The van der Waals surface area contributed by atoms with Crippen LogP contribution in [0.5, 0.6) is 0 Å². The van der Waals surface area contributed by atoms with Gasteiger partial charge in [0.05, 0.1) is 15.5 Å². The molecule has 2 aromatic rings. The number of nitrogens with zero attached hydrogens (tertiary/aromatic N) is 1. The number of nitrogen functional groups attached to an aromatic ring is 1. The molecule has 0 amide bonds. The quantitative estimate of drug-likeness (QED) is 0.514. The van der Waals surface area contributed by atoms with Crippen molar-refractivity contribution in [3.8, 4) is 0 Å². The van der Waals surface area contributed by atoms with E-state index in [-0.39, 0.29) is 4.90 Å². The Morgan fingerprint density at radius 1 is 1.26 bits per heavy atom. The Hall–Kier alpha value is -1.86. The van der Waals surface area contributed by atoms with Crippen molar-refractivity contribution in [2.75, 3.05) is 5.73 Å². The van der Waals surface area contributed by atoms with Crippen molar-refractivity contribution >= 4 is 32.8 Å². The molecule has 3 N–H and O–H groups in total. The first-order valence-electron chi connectivity index (χ1n) is 5.44. The van der Waals surface area contributed by atoms with Gasteiger partial charge in [-0.05, 0) is 42.6 Å². The Bertz CT molecular complexity index is 674. The fourth-order valence-electron chi connectivity index (χ4n) is 1.37. The number of anilines is 1. The third kappa shape index (κ3) is 3.33. The first kappa shape index (κ1) is 13.6. The first-order valence-corrected chi connectivity index (χ1v) is 7.81. The van der Waals surface area contributed by atoms with E-state index < -0.39 is 10.0 Å². The van der Waals surface area contributed by atoms with E-state index in [0.29, 0.717) is 11.4 Å². The van der Waals surface area contributed by atoms with Crippen LogP contribution in [0.25, 0.3) is 0 Å². The molecule has 0 saturated carbocycles. The van der Waals surface area contributed by atoms with Gasteiger partial charge < -0.3 is 5.73 Å². The summed E-state index contributed by atoms with van der Waals surface area (Å²) in [5.41, 5.74) is 6.65. The van der Waals surface area contributed by atoms with Crippen LogP contribution in [0.15, 0.2) is 51.8 Å². The van der Waals surface area contributed by atoms with Crippen LogP contribution in [0.3, 0.4) is 0 Å². The number of hydrogen-bond donors (Lipinski definition) is 2. The van der Waals surface area contributed by atoms with Crippen molar-refractivity contribution in [1.29, 1.82) is 0 Å². The van der Waals surface area contributed by atoms with Gasteiger partial charge in [-0.2, -0.15) is 18.4 Å². The van der Waals surface area contributed by atoms with Crippen LogP contribution in [0.1, 0.15) is 11.8 Å². The standard InChI is InChI=1S/C12H13N3O2S2/c1-9(12-3-2-8-18-12)14-15-19(16,17)11-6-4-10(13)5-7-11/h2-8,15H,13H2,1H3. The molecule has 0 aliphatic rings. The average Bonchev–Trinajstić information content (AvgIpc) is 2.90. The van der Waals surface area contributed by atoms with Crippen molar-refractivity contribution in [1.82, 2.24) is 4.83 Å². The molecule has 7 heteroatoms. The highest BCUT2D eigenvalue weighted by molar-refractivity contribution is 7.89. The third-order valence-corrected chi connectivity index (χ3v) is 4.60. The molecule has 0 atom stereocenters. The number of nitrogens with one attached hydrogen (secondary N) is 1. The van der Waals surface area contributed by atoms with Crippen LogP contribution < -0.4 is 10.6 Å². The van der Waals surface area contributed by atoms with E-state index in [4.69, 9.17) is 5.73 Å². The molecule has 0 aliphatic heterocycles. The first-order chi connectivity index (χ1) is 8.99. The summed E-state index contributed by atoms with van der Waals surface area (Å²) in [4.78, 5) is 3.25. The molecule has 1 aromatic carbocycles. The van der Waals surface area contributed by atoms with Crippen LogP contribution in [0, 0.1) is 0 Å². The topological polar surface area (TPSA) is 84.5 Å². The van der Waals surface area contributed by atoms with Crippen molar-refractivity contribution in [3.05, 3.63) is 46.7 Å². The second-order valence-corrected chi connectivity index (χ2v) is 6.45. The monoisotopic (exact) mass is 295 g/mol. The minimum absolute atomic E-state index is 0.129. The van der Waals surface area contributed by atoms with Crippen LogP contribution in [0.2, 0.25) is 0 Å². The molecule has 0 fully saturated rings. The van der Waals surface area contributed by atoms with E-state index >= 15 is 0 Å². The second-order valence-electron chi connectivity index (χ2n) is 3.84. The van der Waals surface area contributed by atoms with E-state index in [2.05, 4.69) is 9.93 Å². The fourth-order valence-corrected chi connectivity index (χ4v) is 2.90. The van der Waals surface area contributed by atoms with Gasteiger partial charge in [0.1, 0.15) is 0 Å². The molecular weight excluding hydrogens is 282 g/mol. The van der Waals surface area contributed by atoms with E-state index in [9.17, 15) is 8.42 Å². The highest BCUT2D eigenvalue weighted by Crippen LogP contribution is 2.12. The SMILES string of the molecule is CC(=NNS(=O)(=O)c1ccc(N)cc1)c1cccs1. The van der Waals surface area contributed by atoms with Crippen LogP contribution in [-0.4, -0.2) is 14.1 Å². The Balaban J connectivity index is 2.18. The maximum absolute atomic E-state index is 12.0. The highest BCUT2D eigenvalue weighted by Gasteiger charge is 2.12. The lowest BCUT2D eigenvalue weighted by Gasteiger charge is -2.04. The van der Waals surface area contributed by atoms with E-state index in [1.165, 1.54) is 35.6 Å². The van der Waals surface area contributed by atoms with Gasteiger partial charge in [0.2, 0.25) is 0 Å². The van der Waals surface area contributed by atoms with E-state index in [1.54, 1.807) is 6.92 Å². The van der Waals surface area contributed by atoms with Crippen molar-refractivity contribution in [2.45, 2.75) is 11.8 Å². The molecule has 2 rings (SSSR count). The lowest BCUT2D eigenvalue weighted by Crippen LogP contribution is -2.19. The minimum atomic E-state index is -3.65. The summed E-state index contributed by atoms with van der Waals surface area (Å²) in [5, 5.41) is 5.80. The molecule has 0 spiro atoms. The molecule has 0 radical (unpaired) electrons. The summed E-state index contributed by atoms with van der Waals surface area (Å²) in [6, 6.07) is 9.70. The van der Waals surface area contributed by atoms with Gasteiger partial charge in [0, 0.05) is 5.69 Å². The van der Waals surface area contributed by atoms with Gasteiger partial charge >= 0.3 is 0 Å². The van der Waals surface area contributed by atoms with Crippen LogP contribution in [0.4, 0.5) is 5.69 Å². The number of benzene rings is 1. The van der Waals surface area contributed by atoms with Crippen LogP contribution in [-0.2, 0) is 10.0 Å². The maximum atomic E-state index is 12.0. The van der Waals surface area contributed by atoms with E-state index in [0.717, 1.165) is 4.88 Å². The van der Waals surface area contributed by atoms with Crippen molar-refractivity contribution in [2.24, 2.45) is 5.10 Å². The van der Waals surface area contributed by atoms with Gasteiger partial charge in [-0.3, -0.25) is 0 Å². The smallest absolute Gasteiger partial charge is 0.276 e. The maximum Gasteiger partial charge on any atom is 0.276 e. The zero-order chi connectivity index (χ0) is 13.9. The van der Waals surface area contributed by atoms with Gasteiger partial charge in [0.15, 0.2) is 0 Å². The molecule has 5 nitrogen and oxygen atoms in total. The predicted octanol–water partition coefficient (Wildman–Crippen LogP) is 2.03. The van der Waals surface area contributed by atoms with Gasteiger partial charge in [0.25, 0.3) is 10.0 Å². The fraction of sp³-hybridized carbons (Fsp3) is 0.0833. The minimum Gasteiger partial charge on any atom is -0.399 e. The molecule has 19 heavy (non-hydrogen) atoms. The summed E-state index contributed by atoms with van der Waals surface area (Å²) in [6.45, 7) is 1.75. The zero-order valence-electron chi connectivity index (χ0n) is 10.2. The number of nitrogens with two attached hydrogens (primary N) is 1. The second kappa shape index (κ2) is 5.41. The molecule has 1 heterocycles. The van der Waals surface area contributed by atoms with Crippen LogP contribution >= 0.6 is 11.3 Å². The average molecular weight is 295 g/mol. The van der Waals surface area contributed by atoms with E-state index in [1.807, 2.05) is 17.5 Å². The summed E-state index contributed by atoms with van der Waals surface area (Å²) in [5.74, 6) is 0. The molecule has 0 saturated heterocycles. The summed E-state index contributed by atoms with van der Waals surface area (Å²) >= 11 is 1.50. The normalized spacial score (nSPS) is 12.4. The summed E-state index contributed by atoms with van der Waals surface area (Å²) in [7, 11) is -3.65. The molecule has 1 aromatic heterocycles. The largest absolute Gasteiger partial charge is 0.399 e. The number of hydrogen-bond acceptors (Lipinski definition) is 5. The molecule has 0 bridgehead atoms. The Kier molecular flexibility index (Phi) is 3.87. The summed E-state index contributed by atoms with van der Waals surface area (Å²) in [6.07, 6.45) is 0.